The van der Waals surface area contributed by atoms with E-state index in [0.29, 0.717) is 5.82 Å². The number of nitrogens with zero attached hydrogens (tertiary/aromatic N) is 6. The molecule has 2 aromatic heterocycles. The third kappa shape index (κ3) is 4.01. The van der Waals surface area contributed by atoms with Crippen molar-refractivity contribution in [3.8, 4) is 30.1 Å². The van der Waals surface area contributed by atoms with Gasteiger partial charge in [-0.15, -0.1) is 19.9 Å². The van der Waals surface area contributed by atoms with E-state index in [1.165, 1.54) is 21.3 Å². The van der Waals surface area contributed by atoms with Crippen molar-refractivity contribution in [1.29, 1.82) is 0 Å². The zero-order valence-corrected chi connectivity index (χ0v) is 12.4. The standard InChI is InChI=1S/C11H14N6O5/c1-6-12-7(18-2)15-10(13-6)21-5-22-11-16-8(19-3)14-9(17-11)20-4/h5H2,1-4H3. The first-order valence-corrected chi connectivity index (χ1v) is 6.01. The molecule has 118 valence electrons. The van der Waals surface area contributed by atoms with Gasteiger partial charge < -0.3 is 23.7 Å². The molecule has 0 radical (unpaired) electrons. The number of aryl methyl sites for hydroxylation is 1. The van der Waals surface area contributed by atoms with Crippen molar-refractivity contribution in [2.45, 2.75) is 6.92 Å². The summed E-state index contributed by atoms with van der Waals surface area (Å²) in [5.41, 5.74) is 0. The fourth-order valence-corrected chi connectivity index (χ4v) is 1.29. The zero-order chi connectivity index (χ0) is 15.9. The van der Waals surface area contributed by atoms with Gasteiger partial charge in [0.05, 0.1) is 21.3 Å². The summed E-state index contributed by atoms with van der Waals surface area (Å²) in [7, 11) is 4.27. The molecule has 2 rings (SSSR count). The monoisotopic (exact) mass is 310 g/mol. The highest BCUT2D eigenvalue weighted by molar-refractivity contribution is 5.08. The van der Waals surface area contributed by atoms with Gasteiger partial charge in [-0.1, -0.05) is 0 Å². The molecule has 0 amide bonds. The minimum absolute atomic E-state index is 0.0264. The van der Waals surface area contributed by atoms with Crippen LogP contribution in [0.3, 0.4) is 0 Å². The molecular weight excluding hydrogens is 296 g/mol. The zero-order valence-electron chi connectivity index (χ0n) is 12.4. The minimum Gasteiger partial charge on any atom is -0.467 e. The topological polar surface area (TPSA) is 123 Å². The van der Waals surface area contributed by atoms with Crippen LogP contribution in [0.25, 0.3) is 0 Å². The molecule has 0 bridgehead atoms. The van der Waals surface area contributed by atoms with Gasteiger partial charge in [0.25, 0.3) is 0 Å². The van der Waals surface area contributed by atoms with Gasteiger partial charge in [-0.05, 0) is 6.92 Å². The summed E-state index contributed by atoms with van der Waals surface area (Å²) in [6, 6.07) is 0.281. The van der Waals surface area contributed by atoms with Gasteiger partial charge in [0.1, 0.15) is 5.82 Å². The summed E-state index contributed by atoms with van der Waals surface area (Å²) in [4.78, 5) is 23.4. The van der Waals surface area contributed by atoms with Crippen LogP contribution < -0.4 is 23.7 Å². The number of hydrogen-bond acceptors (Lipinski definition) is 11. The summed E-state index contributed by atoms with van der Waals surface area (Å²) in [5, 5.41) is 0. The van der Waals surface area contributed by atoms with Crippen LogP contribution in [0.1, 0.15) is 5.82 Å². The lowest BCUT2D eigenvalue weighted by molar-refractivity contribution is 0.0966. The molecule has 0 saturated carbocycles. The van der Waals surface area contributed by atoms with Crippen molar-refractivity contribution in [3.63, 3.8) is 0 Å². The maximum atomic E-state index is 5.23. The van der Waals surface area contributed by atoms with Crippen molar-refractivity contribution >= 4 is 0 Å². The van der Waals surface area contributed by atoms with Gasteiger partial charge in [-0.25, -0.2) is 0 Å². The Morgan fingerprint density at radius 1 is 0.591 bits per heavy atom. The molecule has 0 unspecified atom stereocenters. The van der Waals surface area contributed by atoms with E-state index in [1.54, 1.807) is 6.92 Å². The van der Waals surface area contributed by atoms with E-state index in [4.69, 9.17) is 23.7 Å². The largest absolute Gasteiger partial charge is 0.467 e. The normalized spacial score (nSPS) is 10.0. The summed E-state index contributed by atoms with van der Waals surface area (Å²) in [6.07, 6.45) is 0. The summed E-state index contributed by atoms with van der Waals surface area (Å²) >= 11 is 0. The smallest absolute Gasteiger partial charge is 0.328 e. The average molecular weight is 310 g/mol. The molecule has 0 atom stereocenters. The Morgan fingerprint density at radius 2 is 0.955 bits per heavy atom. The Bertz CT molecular complexity index is 618. The second kappa shape index (κ2) is 7.15. The first-order chi connectivity index (χ1) is 10.6. The highest BCUT2D eigenvalue weighted by Crippen LogP contribution is 2.14. The van der Waals surface area contributed by atoms with E-state index in [0.717, 1.165) is 0 Å². The molecule has 0 saturated heterocycles. The Kier molecular flexibility index (Phi) is 5.01. The molecule has 2 aromatic rings. The number of ether oxygens (including phenoxy) is 5. The molecule has 0 aliphatic rings. The number of aromatic nitrogens is 6. The van der Waals surface area contributed by atoms with E-state index < -0.39 is 0 Å². The third-order valence-corrected chi connectivity index (χ3v) is 2.20. The summed E-state index contributed by atoms with van der Waals surface area (Å²) in [5.74, 6) is 0.449. The van der Waals surface area contributed by atoms with Crippen LogP contribution in [0.2, 0.25) is 0 Å². The highest BCUT2D eigenvalue weighted by atomic mass is 16.7. The Hall–Kier alpha value is -2.98. The predicted molar refractivity (Wildman–Crippen MR) is 70.2 cm³/mol. The quantitative estimate of drug-likeness (QED) is 0.631. The SMILES string of the molecule is COc1nc(C)nc(OCOc2nc(OC)nc(OC)n2)n1. The van der Waals surface area contributed by atoms with Gasteiger partial charge >= 0.3 is 30.1 Å². The van der Waals surface area contributed by atoms with Crippen molar-refractivity contribution in [3.05, 3.63) is 5.82 Å². The molecule has 2 heterocycles. The molecular formula is C11H14N6O5. The summed E-state index contributed by atoms with van der Waals surface area (Å²) < 4.78 is 25.2. The van der Waals surface area contributed by atoms with Gasteiger partial charge in [0.15, 0.2) is 0 Å². The lowest BCUT2D eigenvalue weighted by Gasteiger charge is -2.08. The van der Waals surface area contributed by atoms with Crippen molar-refractivity contribution in [1.82, 2.24) is 29.9 Å². The molecule has 0 aliphatic carbocycles. The van der Waals surface area contributed by atoms with Gasteiger partial charge in [0, 0.05) is 0 Å². The van der Waals surface area contributed by atoms with Crippen LogP contribution in [0.4, 0.5) is 0 Å². The van der Waals surface area contributed by atoms with Crippen LogP contribution in [-0.2, 0) is 0 Å². The molecule has 0 fully saturated rings. The lowest BCUT2D eigenvalue weighted by Crippen LogP contribution is -2.12. The first-order valence-electron chi connectivity index (χ1n) is 6.01. The van der Waals surface area contributed by atoms with Crippen molar-refractivity contribution in [2.75, 3.05) is 28.1 Å². The second-order valence-electron chi connectivity index (χ2n) is 3.65. The maximum absolute atomic E-state index is 5.23. The molecule has 0 aliphatic heterocycles. The van der Waals surface area contributed by atoms with Crippen molar-refractivity contribution in [2.24, 2.45) is 0 Å². The van der Waals surface area contributed by atoms with E-state index in [2.05, 4.69) is 29.9 Å². The van der Waals surface area contributed by atoms with E-state index in [1.807, 2.05) is 0 Å². The molecule has 0 N–H and O–H groups in total. The van der Waals surface area contributed by atoms with E-state index >= 15 is 0 Å². The first kappa shape index (κ1) is 15.4. The molecule has 11 heteroatoms. The van der Waals surface area contributed by atoms with Gasteiger partial charge in [-0.2, -0.15) is 9.97 Å². The Morgan fingerprint density at radius 3 is 1.45 bits per heavy atom. The van der Waals surface area contributed by atoms with Gasteiger partial charge in [0.2, 0.25) is 6.79 Å². The van der Waals surface area contributed by atoms with Crippen LogP contribution in [0.5, 0.6) is 30.1 Å². The molecule has 0 aromatic carbocycles. The lowest BCUT2D eigenvalue weighted by atomic mass is 10.7. The number of methoxy groups -OCH3 is 3. The second-order valence-corrected chi connectivity index (χ2v) is 3.65. The fourth-order valence-electron chi connectivity index (χ4n) is 1.29. The highest BCUT2D eigenvalue weighted by Gasteiger charge is 2.09. The van der Waals surface area contributed by atoms with Crippen LogP contribution in [-0.4, -0.2) is 58.0 Å². The van der Waals surface area contributed by atoms with Gasteiger partial charge in [-0.3, -0.25) is 0 Å². The average Bonchev–Trinajstić information content (AvgIpc) is 2.53. The third-order valence-electron chi connectivity index (χ3n) is 2.20. The van der Waals surface area contributed by atoms with E-state index in [9.17, 15) is 0 Å². The molecule has 0 spiro atoms. The Balaban J connectivity index is 2.00. The minimum atomic E-state index is -0.233. The summed E-state index contributed by atoms with van der Waals surface area (Å²) in [6.45, 7) is 1.45. The fraction of sp³-hybridized carbons (Fsp3) is 0.455. The number of rotatable bonds is 7. The maximum Gasteiger partial charge on any atom is 0.328 e. The van der Waals surface area contributed by atoms with Crippen LogP contribution >= 0.6 is 0 Å². The molecule has 11 nitrogen and oxygen atoms in total. The Labute approximate surface area is 125 Å². The molecule has 22 heavy (non-hydrogen) atoms. The van der Waals surface area contributed by atoms with Crippen LogP contribution in [0, 0.1) is 6.92 Å². The van der Waals surface area contributed by atoms with Crippen LogP contribution in [0.15, 0.2) is 0 Å². The number of hydrogen-bond donors (Lipinski definition) is 0. The van der Waals surface area contributed by atoms with Crippen molar-refractivity contribution < 1.29 is 23.7 Å². The van der Waals surface area contributed by atoms with E-state index in [-0.39, 0.29) is 36.8 Å². The predicted octanol–water partition coefficient (Wildman–Crippen LogP) is -0.194.